The lowest BCUT2D eigenvalue weighted by Gasteiger charge is -2.19. The molecular formula is C23H24N2O5S. The zero-order chi connectivity index (χ0) is 22.4. The standard InChI is InChI=1S/C23H24N2O5S/c1-16(17-7-5-4-6-8-17)24-21-14-9-18(23(26)30-3)15-22(21)31(27,28)25-19-10-12-20(29-2)13-11-19/h4-16,24-25H,1-3H3/t16-/m1/s1. The van der Waals surface area contributed by atoms with E-state index in [4.69, 9.17) is 9.47 Å². The summed E-state index contributed by atoms with van der Waals surface area (Å²) in [6, 6.07) is 20.4. The highest BCUT2D eigenvalue weighted by Gasteiger charge is 2.23. The highest BCUT2D eigenvalue weighted by molar-refractivity contribution is 7.92. The lowest BCUT2D eigenvalue weighted by atomic mass is 10.1. The second kappa shape index (κ2) is 9.53. The van der Waals surface area contributed by atoms with Crippen LogP contribution in [-0.2, 0) is 14.8 Å². The number of benzene rings is 3. The number of carbonyl (C=O) groups excluding carboxylic acids is 1. The Hall–Kier alpha value is -3.52. The van der Waals surface area contributed by atoms with Gasteiger partial charge in [0.1, 0.15) is 10.6 Å². The fourth-order valence-corrected chi connectivity index (χ4v) is 4.29. The Balaban J connectivity index is 1.98. The molecule has 162 valence electrons. The number of carbonyl (C=O) groups is 1. The van der Waals surface area contributed by atoms with Gasteiger partial charge in [0, 0.05) is 11.7 Å². The van der Waals surface area contributed by atoms with Crippen molar-refractivity contribution in [2.75, 3.05) is 24.3 Å². The molecule has 2 N–H and O–H groups in total. The maximum absolute atomic E-state index is 13.2. The van der Waals surface area contributed by atoms with Crippen LogP contribution in [0.1, 0.15) is 28.9 Å². The molecule has 0 aliphatic carbocycles. The minimum Gasteiger partial charge on any atom is -0.497 e. The fraction of sp³-hybridized carbons (Fsp3) is 0.174. The van der Waals surface area contributed by atoms with Crippen molar-refractivity contribution in [1.29, 1.82) is 0 Å². The Kier molecular flexibility index (Phi) is 6.81. The summed E-state index contributed by atoms with van der Waals surface area (Å²) >= 11 is 0. The Labute approximate surface area is 182 Å². The largest absolute Gasteiger partial charge is 0.497 e. The Bertz CT molecular complexity index is 1150. The predicted molar refractivity (Wildman–Crippen MR) is 120 cm³/mol. The topological polar surface area (TPSA) is 93.7 Å². The Morgan fingerprint density at radius 1 is 0.935 bits per heavy atom. The number of hydrogen-bond donors (Lipinski definition) is 2. The third kappa shape index (κ3) is 5.35. The number of rotatable bonds is 8. The second-order valence-corrected chi connectivity index (χ2v) is 8.46. The molecule has 31 heavy (non-hydrogen) atoms. The molecule has 0 fully saturated rings. The van der Waals surface area contributed by atoms with Gasteiger partial charge in [0.15, 0.2) is 0 Å². The van der Waals surface area contributed by atoms with E-state index in [0.717, 1.165) is 5.56 Å². The third-order valence-corrected chi connectivity index (χ3v) is 6.13. The number of sulfonamides is 1. The summed E-state index contributed by atoms with van der Waals surface area (Å²) < 4.78 is 38.8. The maximum Gasteiger partial charge on any atom is 0.337 e. The van der Waals surface area contributed by atoms with Gasteiger partial charge in [-0.05, 0) is 55.0 Å². The van der Waals surface area contributed by atoms with E-state index in [0.29, 0.717) is 17.1 Å². The van der Waals surface area contributed by atoms with Crippen LogP contribution in [0.5, 0.6) is 5.75 Å². The number of esters is 1. The molecule has 7 nitrogen and oxygen atoms in total. The fourth-order valence-electron chi connectivity index (χ4n) is 3.04. The number of hydrogen-bond acceptors (Lipinski definition) is 6. The van der Waals surface area contributed by atoms with E-state index in [1.165, 1.54) is 26.4 Å². The quantitative estimate of drug-likeness (QED) is 0.503. The van der Waals surface area contributed by atoms with Crippen LogP contribution in [0, 0.1) is 0 Å². The first-order chi connectivity index (χ1) is 14.8. The zero-order valence-corrected chi connectivity index (χ0v) is 18.3. The molecule has 0 aliphatic rings. The number of nitrogens with one attached hydrogen (secondary N) is 2. The summed E-state index contributed by atoms with van der Waals surface area (Å²) in [5, 5.41) is 3.23. The molecule has 0 amide bonds. The molecular weight excluding hydrogens is 416 g/mol. The lowest BCUT2D eigenvalue weighted by Crippen LogP contribution is -2.18. The lowest BCUT2D eigenvalue weighted by molar-refractivity contribution is 0.0600. The molecule has 0 aliphatic heterocycles. The average Bonchev–Trinajstić information content (AvgIpc) is 2.79. The van der Waals surface area contributed by atoms with Gasteiger partial charge in [-0.1, -0.05) is 30.3 Å². The van der Waals surface area contributed by atoms with Crippen LogP contribution < -0.4 is 14.8 Å². The van der Waals surface area contributed by atoms with E-state index in [1.807, 2.05) is 37.3 Å². The van der Waals surface area contributed by atoms with Crippen molar-refractivity contribution in [3.8, 4) is 5.75 Å². The van der Waals surface area contributed by atoms with Crippen LogP contribution in [-0.4, -0.2) is 28.6 Å². The molecule has 3 aromatic rings. The molecule has 8 heteroatoms. The van der Waals surface area contributed by atoms with Crippen molar-refractivity contribution in [1.82, 2.24) is 0 Å². The van der Waals surface area contributed by atoms with Crippen molar-refractivity contribution in [3.63, 3.8) is 0 Å². The van der Waals surface area contributed by atoms with E-state index >= 15 is 0 Å². The van der Waals surface area contributed by atoms with Crippen molar-refractivity contribution in [3.05, 3.63) is 83.9 Å². The minimum absolute atomic E-state index is 0.0611. The first kappa shape index (κ1) is 22.2. The maximum atomic E-state index is 13.2. The monoisotopic (exact) mass is 440 g/mol. The molecule has 0 saturated carbocycles. The summed E-state index contributed by atoms with van der Waals surface area (Å²) in [4.78, 5) is 11.9. The van der Waals surface area contributed by atoms with Gasteiger partial charge in [-0.2, -0.15) is 0 Å². The summed E-state index contributed by atoms with van der Waals surface area (Å²) in [7, 11) is -1.24. The molecule has 0 bridgehead atoms. The molecule has 0 radical (unpaired) electrons. The van der Waals surface area contributed by atoms with Gasteiger partial charge in [0.05, 0.1) is 25.5 Å². The normalized spacial score (nSPS) is 12.0. The van der Waals surface area contributed by atoms with Gasteiger partial charge in [0.2, 0.25) is 0 Å². The number of ether oxygens (including phenoxy) is 2. The van der Waals surface area contributed by atoms with E-state index in [1.54, 1.807) is 30.3 Å². The van der Waals surface area contributed by atoms with Crippen molar-refractivity contribution < 1.29 is 22.7 Å². The smallest absolute Gasteiger partial charge is 0.337 e. The van der Waals surface area contributed by atoms with Crippen LogP contribution in [0.15, 0.2) is 77.7 Å². The molecule has 0 aromatic heterocycles. The Morgan fingerprint density at radius 2 is 1.61 bits per heavy atom. The SMILES string of the molecule is COC(=O)c1ccc(N[C@H](C)c2ccccc2)c(S(=O)(=O)Nc2ccc(OC)cc2)c1. The van der Waals surface area contributed by atoms with Crippen LogP contribution in [0.25, 0.3) is 0 Å². The van der Waals surface area contributed by atoms with Crippen molar-refractivity contribution >= 4 is 27.4 Å². The van der Waals surface area contributed by atoms with Crippen LogP contribution >= 0.6 is 0 Å². The zero-order valence-electron chi connectivity index (χ0n) is 17.5. The molecule has 0 heterocycles. The summed E-state index contributed by atoms with van der Waals surface area (Å²) in [5.41, 5.74) is 1.86. The second-order valence-electron chi connectivity index (χ2n) is 6.81. The first-order valence-corrected chi connectivity index (χ1v) is 11.0. The van der Waals surface area contributed by atoms with Gasteiger partial charge < -0.3 is 14.8 Å². The van der Waals surface area contributed by atoms with Crippen molar-refractivity contribution in [2.45, 2.75) is 17.9 Å². The van der Waals surface area contributed by atoms with Gasteiger partial charge >= 0.3 is 5.97 Å². The number of methoxy groups -OCH3 is 2. The molecule has 3 rings (SSSR count). The van der Waals surface area contributed by atoms with E-state index in [2.05, 4.69) is 10.0 Å². The van der Waals surface area contributed by atoms with Gasteiger partial charge in [-0.15, -0.1) is 0 Å². The predicted octanol–water partition coefficient (Wildman–Crippen LogP) is 4.46. The molecule has 0 unspecified atom stereocenters. The molecule has 0 spiro atoms. The summed E-state index contributed by atoms with van der Waals surface area (Å²) in [6.45, 7) is 1.93. The highest BCUT2D eigenvalue weighted by atomic mass is 32.2. The first-order valence-electron chi connectivity index (χ1n) is 9.55. The average molecular weight is 441 g/mol. The van der Waals surface area contributed by atoms with E-state index < -0.39 is 16.0 Å². The molecule has 1 atom stereocenters. The minimum atomic E-state index is -4.02. The summed E-state index contributed by atoms with van der Waals surface area (Å²) in [6.07, 6.45) is 0. The molecule has 0 saturated heterocycles. The highest BCUT2D eigenvalue weighted by Crippen LogP contribution is 2.29. The van der Waals surface area contributed by atoms with Crippen LogP contribution in [0.2, 0.25) is 0 Å². The summed E-state index contributed by atoms with van der Waals surface area (Å²) in [5.74, 6) is -0.0155. The number of anilines is 2. The van der Waals surface area contributed by atoms with Gasteiger partial charge in [0.25, 0.3) is 10.0 Å². The van der Waals surface area contributed by atoms with Gasteiger partial charge in [-0.3, -0.25) is 4.72 Å². The van der Waals surface area contributed by atoms with E-state index in [-0.39, 0.29) is 16.5 Å². The van der Waals surface area contributed by atoms with Crippen molar-refractivity contribution in [2.24, 2.45) is 0 Å². The van der Waals surface area contributed by atoms with Crippen LogP contribution in [0.3, 0.4) is 0 Å². The molecule has 3 aromatic carbocycles. The van der Waals surface area contributed by atoms with E-state index in [9.17, 15) is 13.2 Å². The van der Waals surface area contributed by atoms with Crippen LogP contribution in [0.4, 0.5) is 11.4 Å². The third-order valence-electron chi connectivity index (χ3n) is 4.71. The van der Waals surface area contributed by atoms with Gasteiger partial charge in [-0.25, -0.2) is 13.2 Å². The Morgan fingerprint density at radius 3 is 2.23 bits per heavy atom.